The number of ether oxygens (including phenoxy) is 2. The number of nitrogens with zero attached hydrogens (tertiary/aromatic N) is 4. The molecule has 1 N–H and O–H groups in total. The molecule has 0 aliphatic carbocycles. The molecular formula is C18H22N4O3S. The van der Waals surface area contributed by atoms with Crippen molar-refractivity contribution >= 4 is 16.3 Å². The van der Waals surface area contributed by atoms with E-state index in [-0.39, 0.29) is 11.9 Å². The molecule has 3 aromatic rings. The molecule has 138 valence electrons. The quantitative estimate of drug-likeness (QED) is 0.715. The lowest BCUT2D eigenvalue weighted by Gasteiger charge is -2.29. The summed E-state index contributed by atoms with van der Waals surface area (Å²) < 4.78 is 13.0. The molecule has 1 aliphatic rings. The van der Waals surface area contributed by atoms with E-state index < -0.39 is 0 Å². The van der Waals surface area contributed by atoms with Crippen LogP contribution in [0.3, 0.4) is 0 Å². The Bertz CT molecular complexity index is 901. The summed E-state index contributed by atoms with van der Waals surface area (Å²) in [5.41, 5.74) is 0.993. The number of hydrogen-bond donors (Lipinski definition) is 1. The third-order valence-corrected chi connectivity index (χ3v) is 5.79. The van der Waals surface area contributed by atoms with Crippen molar-refractivity contribution in [3.8, 4) is 17.4 Å². The summed E-state index contributed by atoms with van der Waals surface area (Å²) in [6.45, 7) is 4.45. The van der Waals surface area contributed by atoms with E-state index >= 15 is 0 Å². The number of benzene rings is 1. The van der Waals surface area contributed by atoms with Gasteiger partial charge in [0.25, 0.3) is 0 Å². The van der Waals surface area contributed by atoms with Gasteiger partial charge in [-0.05, 0) is 38.9 Å². The lowest BCUT2D eigenvalue weighted by Crippen LogP contribution is -2.26. The van der Waals surface area contributed by atoms with E-state index in [1.54, 1.807) is 7.11 Å². The summed E-state index contributed by atoms with van der Waals surface area (Å²) in [4.78, 5) is 8.12. The highest BCUT2D eigenvalue weighted by molar-refractivity contribution is 7.17. The fourth-order valence-corrected chi connectivity index (χ4v) is 4.67. The first-order chi connectivity index (χ1) is 12.7. The predicted octanol–water partition coefficient (Wildman–Crippen LogP) is 3.09. The molecule has 1 aliphatic heterocycles. The van der Waals surface area contributed by atoms with Crippen molar-refractivity contribution in [1.29, 1.82) is 0 Å². The van der Waals surface area contributed by atoms with Crippen LogP contribution in [0, 0.1) is 0 Å². The number of rotatable bonds is 6. The van der Waals surface area contributed by atoms with Crippen molar-refractivity contribution in [2.24, 2.45) is 0 Å². The maximum atomic E-state index is 10.8. The van der Waals surface area contributed by atoms with Gasteiger partial charge in [0.05, 0.1) is 24.6 Å². The summed E-state index contributed by atoms with van der Waals surface area (Å²) in [6, 6.07) is 5.79. The SMILES string of the molecule is CCOc1c(OC)cccc1C(c1sc2ncnn2c1O)N1CCCC1. The summed E-state index contributed by atoms with van der Waals surface area (Å²) >= 11 is 1.46. The Hall–Kier alpha value is -2.32. The van der Waals surface area contributed by atoms with E-state index in [0.29, 0.717) is 17.3 Å². The standard InChI is InChI=1S/C18H22N4O3S/c1-3-25-15-12(7-6-8-13(15)24-2)14(21-9-4-5-10-21)16-17(23)22-18(26-16)19-11-20-22/h6-8,11,14,23H,3-5,9-10H2,1-2H3. The van der Waals surface area contributed by atoms with Crippen LogP contribution in [0.15, 0.2) is 24.5 Å². The van der Waals surface area contributed by atoms with Gasteiger partial charge in [-0.2, -0.15) is 9.61 Å². The van der Waals surface area contributed by atoms with Gasteiger partial charge in [-0.25, -0.2) is 4.98 Å². The highest BCUT2D eigenvalue weighted by atomic mass is 32.1. The summed E-state index contributed by atoms with van der Waals surface area (Å²) in [5, 5.41) is 14.9. The molecule has 1 fully saturated rings. The number of hydrogen-bond acceptors (Lipinski definition) is 7. The average molecular weight is 374 g/mol. The van der Waals surface area contributed by atoms with E-state index in [0.717, 1.165) is 42.1 Å². The molecule has 2 aromatic heterocycles. The van der Waals surface area contributed by atoms with Gasteiger partial charge in [-0.1, -0.05) is 23.5 Å². The van der Waals surface area contributed by atoms with Crippen LogP contribution in [0.25, 0.3) is 4.96 Å². The number of para-hydroxylation sites is 1. The molecular weight excluding hydrogens is 352 g/mol. The van der Waals surface area contributed by atoms with Crippen LogP contribution in [0.2, 0.25) is 0 Å². The Morgan fingerprint density at radius 1 is 1.31 bits per heavy atom. The second-order valence-electron chi connectivity index (χ2n) is 6.20. The number of aromatic hydroxyl groups is 1. The van der Waals surface area contributed by atoms with Crippen LogP contribution >= 0.6 is 11.3 Å². The molecule has 4 rings (SSSR count). The minimum atomic E-state index is -0.123. The minimum Gasteiger partial charge on any atom is -0.493 e. The second kappa shape index (κ2) is 7.13. The first kappa shape index (κ1) is 17.1. The Balaban J connectivity index is 1.89. The van der Waals surface area contributed by atoms with Gasteiger partial charge in [0.15, 0.2) is 11.5 Å². The zero-order valence-corrected chi connectivity index (χ0v) is 15.7. The predicted molar refractivity (Wildman–Crippen MR) is 99.3 cm³/mol. The number of fused-ring (bicyclic) bond motifs is 1. The molecule has 0 amide bonds. The van der Waals surface area contributed by atoms with Crippen LogP contribution in [0.5, 0.6) is 17.4 Å². The van der Waals surface area contributed by atoms with E-state index in [4.69, 9.17) is 9.47 Å². The van der Waals surface area contributed by atoms with Gasteiger partial charge in [-0.15, -0.1) is 0 Å². The van der Waals surface area contributed by atoms with Crippen LogP contribution in [0.1, 0.15) is 36.2 Å². The second-order valence-corrected chi connectivity index (χ2v) is 7.21. The molecule has 3 heterocycles. The highest BCUT2D eigenvalue weighted by Crippen LogP contribution is 2.46. The molecule has 0 bridgehead atoms. The van der Waals surface area contributed by atoms with Gasteiger partial charge >= 0.3 is 0 Å². The fraction of sp³-hybridized carbons (Fsp3) is 0.444. The van der Waals surface area contributed by atoms with Crippen molar-refractivity contribution in [2.75, 3.05) is 26.8 Å². The van der Waals surface area contributed by atoms with E-state index in [9.17, 15) is 5.11 Å². The van der Waals surface area contributed by atoms with E-state index in [1.165, 1.54) is 22.2 Å². The van der Waals surface area contributed by atoms with Crippen molar-refractivity contribution in [2.45, 2.75) is 25.8 Å². The van der Waals surface area contributed by atoms with Gasteiger partial charge in [0, 0.05) is 5.56 Å². The van der Waals surface area contributed by atoms with Crippen molar-refractivity contribution in [1.82, 2.24) is 19.5 Å². The molecule has 1 saturated heterocycles. The van der Waals surface area contributed by atoms with Crippen LogP contribution < -0.4 is 9.47 Å². The zero-order valence-electron chi connectivity index (χ0n) is 14.9. The normalized spacial score (nSPS) is 16.2. The number of thiazole rings is 1. The zero-order chi connectivity index (χ0) is 18.1. The molecule has 0 radical (unpaired) electrons. The Morgan fingerprint density at radius 2 is 2.12 bits per heavy atom. The molecule has 0 saturated carbocycles. The Morgan fingerprint density at radius 3 is 2.81 bits per heavy atom. The summed E-state index contributed by atoms with van der Waals surface area (Å²) in [6.07, 6.45) is 3.75. The maximum absolute atomic E-state index is 10.8. The van der Waals surface area contributed by atoms with Gasteiger partial charge in [-0.3, -0.25) is 4.90 Å². The number of aromatic nitrogens is 3. The number of likely N-dealkylation sites (tertiary alicyclic amines) is 1. The monoisotopic (exact) mass is 374 g/mol. The van der Waals surface area contributed by atoms with Crippen molar-refractivity contribution in [3.63, 3.8) is 0 Å². The van der Waals surface area contributed by atoms with Gasteiger partial charge < -0.3 is 14.6 Å². The van der Waals surface area contributed by atoms with E-state index in [1.807, 2.05) is 25.1 Å². The molecule has 8 heteroatoms. The molecule has 1 atom stereocenters. The lowest BCUT2D eigenvalue weighted by molar-refractivity contribution is 0.258. The molecule has 7 nitrogen and oxygen atoms in total. The smallest absolute Gasteiger partial charge is 0.230 e. The summed E-state index contributed by atoms with van der Waals surface area (Å²) in [7, 11) is 1.65. The topological polar surface area (TPSA) is 72.1 Å². The average Bonchev–Trinajstić information content (AvgIpc) is 3.38. The Labute approximate surface area is 155 Å². The molecule has 0 spiro atoms. The third-order valence-electron chi connectivity index (χ3n) is 4.71. The first-order valence-electron chi connectivity index (χ1n) is 8.79. The third kappa shape index (κ3) is 2.79. The van der Waals surface area contributed by atoms with Gasteiger partial charge in [0.1, 0.15) is 6.33 Å². The number of methoxy groups -OCH3 is 1. The van der Waals surface area contributed by atoms with Crippen molar-refractivity contribution < 1.29 is 14.6 Å². The van der Waals surface area contributed by atoms with E-state index in [2.05, 4.69) is 15.0 Å². The van der Waals surface area contributed by atoms with Crippen LogP contribution in [-0.4, -0.2) is 51.4 Å². The first-order valence-corrected chi connectivity index (χ1v) is 9.61. The fourth-order valence-electron chi connectivity index (χ4n) is 3.58. The van der Waals surface area contributed by atoms with Crippen LogP contribution in [-0.2, 0) is 0 Å². The lowest BCUT2D eigenvalue weighted by atomic mass is 10.0. The minimum absolute atomic E-state index is 0.123. The molecule has 1 unspecified atom stereocenters. The Kier molecular flexibility index (Phi) is 4.69. The molecule has 1 aromatic carbocycles. The molecule has 26 heavy (non-hydrogen) atoms. The van der Waals surface area contributed by atoms with Crippen molar-refractivity contribution in [3.05, 3.63) is 35.0 Å². The summed E-state index contributed by atoms with van der Waals surface area (Å²) in [5.74, 6) is 1.57. The maximum Gasteiger partial charge on any atom is 0.230 e. The van der Waals surface area contributed by atoms with Gasteiger partial charge in [0.2, 0.25) is 10.8 Å². The van der Waals surface area contributed by atoms with Crippen LogP contribution in [0.4, 0.5) is 0 Å². The largest absolute Gasteiger partial charge is 0.493 e. The highest BCUT2D eigenvalue weighted by Gasteiger charge is 2.33.